The zero-order valence-corrected chi connectivity index (χ0v) is 18.0. The van der Waals surface area contributed by atoms with Crippen LogP contribution in [0.25, 0.3) is 0 Å². The van der Waals surface area contributed by atoms with Gasteiger partial charge in [-0.25, -0.2) is 8.42 Å². The van der Waals surface area contributed by atoms with Gasteiger partial charge < -0.3 is 10.2 Å². The summed E-state index contributed by atoms with van der Waals surface area (Å²) in [7, 11) is -3.56. The van der Waals surface area contributed by atoms with Gasteiger partial charge in [0.05, 0.1) is 28.9 Å². The van der Waals surface area contributed by atoms with Gasteiger partial charge in [0, 0.05) is 18.7 Å². The average Bonchev–Trinajstić information content (AvgIpc) is 2.68. The number of nitrogens with one attached hydrogen (secondary N) is 2. The molecule has 2 aromatic carbocycles. The number of carbonyl (C=O) groups is 1. The number of alkyl halides is 3. The molecule has 10 heteroatoms. The van der Waals surface area contributed by atoms with Crippen molar-refractivity contribution in [1.82, 2.24) is 0 Å². The van der Waals surface area contributed by atoms with Gasteiger partial charge in [0.2, 0.25) is 10.0 Å². The fourth-order valence-electron chi connectivity index (χ4n) is 3.49. The van der Waals surface area contributed by atoms with Crippen LogP contribution in [0, 0.1) is 6.92 Å². The number of aryl methyl sites for hydroxylation is 1. The number of nitrogens with zero attached hydrogens (tertiary/aromatic N) is 1. The van der Waals surface area contributed by atoms with Gasteiger partial charge >= 0.3 is 6.18 Å². The SMILES string of the molecule is Cc1ccc(C(=O)Nc2cc(C(F)(F)F)ccc2N2CCCCC2)cc1NS(C)(=O)=O. The van der Waals surface area contributed by atoms with Crippen molar-refractivity contribution in [2.75, 3.05) is 34.3 Å². The van der Waals surface area contributed by atoms with Gasteiger partial charge in [0.25, 0.3) is 5.91 Å². The zero-order chi connectivity index (χ0) is 22.8. The molecule has 0 spiro atoms. The van der Waals surface area contributed by atoms with Crippen LogP contribution >= 0.6 is 0 Å². The second-order valence-corrected chi connectivity index (χ2v) is 9.38. The van der Waals surface area contributed by atoms with E-state index in [2.05, 4.69) is 10.0 Å². The Morgan fingerprint density at radius 1 is 1.00 bits per heavy atom. The summed E-state index contributed by atoms with van der Waals surface area (Å²) >= 11 is 0. The third-order valence-electron chi connectivity index (χ3n) is 5.06. The molecule has 1 saturated heterocycles. The summed E-state index contributed by atoms with van der Waals surface area (Å²) in [6, 6.07) is 7.76. The van der Waals surface area contributed by atoms with E-state index in [1.807, 2.05) is 4.90 Å². The predicted octanol–water partition coefficient (Wildman–Crippen LogP) is 4.63. The number of sulfonamides is 1. The first-order chi connectivity index (χ1) is 14.4. The summed E-state index contributed by atoms with van der Waals surface area (Å²) in [5.74, 6) is -0.630. The van der Waals surface area contributed by atoms with Crippen molar-refractivity contribution in [1.29, 1.82) is 0 Å². The minimum Gasteiger partial charge on any atom is -0.370 e. The first kappa shape index (κ1) is 22.9. The van der Waals surface area contributed by atoms with E-state index in [0.717, 1.165) is 37.7 Å². The number of piperidine rings is 1. The van der Waals surface area contributed by atoms with E-state index in [0.29, 0.717) is 24.3 Å². The lowest BCUT2D eigenvalue weighted by Gasteiger charge is -2.31. The van der Waals surface area contributed by atoms with Crippen molar-refractivity contribution in [3.8, 4) is 0 Å². The van der Waals surface area contributed by atoms with E-state index in [9.17, 15) is 26.4 Å². The number of carbonyl (C=O) groups excluding carboxylic acids is 1. The highest BCUT2D eigenvalue weighted by atomic mass is 32.2. The van der Waals surface area contributed by atoms with Crippen molar-refractivity contribution in [3.05, 3.63) is 53.1 Å². The number of hydrogen-bond donors (Lipinski definition) is 2. The maximum atomic E-state index is 13.3. The Labute approximate surface area is 179 Å². The van der Waals surface area contributed by atoms with Crippen LogP contribution in [0.3, 0.4) is 0 Å². The lowest BCUT2D eigenvalue weighted by molar-refractivity contribution is -0.137. The lowest BCUT2D eigenvalue weighted by Crippen LogP contribution is -2.30. The van der Waals surface area contributed by atoms with Crippen LogP contribution in [-0.2, 0) is 16.2 Å². The van der Waals surface area contributed by atoms with E-state index in [1.165, 1.54) is 18.2 Å². The number of anilines is 3. The molecule has 31 heavy (non-hydrogen) atoms. The van der Waals surface area contributed by atoms with Crippen molar-refractivity contribution >= 4 is 33.0 Å². The molecular formula is C21H24F3N3O3S. The van der Waals surface area contributed by atoms with Gasteiger partial charge in [-0.3, -0.25) is 9.52 Å². The Morgan fingerprint density at radius 2 is 1.68 bits per heavy atom. The summed E-state index contributed by atoms with van der Waals surface area (Å²) < 4.78 is 65.2. The first-order valence-corrected chi connectivity index (χ1v) is 11.7. The number of amides is 1. The van der Waals surface area contributed by atoms with Crippen LogP contribution < -0.4 is 14.9 Å². The Balaban J connectivity index is 1.94. The van der Waals surface area contributed by atoms with E-state index in [1.54, 1.807) is 13.0 Å². The highest BCUT2D eigenvalue weighted by Gasteiger charge is 2.32. The van der Waals surface area contributed by atoms with E-state index in [4.69, 9.17) is 0 Å². The smallest absolute Gasteiger partial charge is 0.370 e. The summed E-state index contributed by atoms with van der Waals surface area (Å²) in [4.78, 5) is 14.8. The Bertz CT molecular complexity index is 1080. The quantitative estimate of drug-likeness (QED) is 0.689. The molecule has 0 aromatic heterocycles. The summed E-state index contributed by atoms with van der Waals surface area (Å²) in [5.41, 5.74) is 0.707. The second kappa shape index (κ2) is 8.78. The molecule has 0 saturated carbocycles. The van der Waals surface area contributed by atoms with Crippen LogP contribution in [0.15, 0.2) is 36.4 Å². The molecule has 0 atom stereocenters. The second-order valence-electron chi connectivity index (χ2n) is 7.64. The molecule has 6 nitrogen and oxygen atoms in total. The molecule has 1 aliphatic rings. The van der Waals surface area contributed by atoms with Crippen molar-refractivity contribution < 1.29 is 26.4 Å². The number of hydrogen-bond acceptors (Lipinski definition) is 4. The molecule has 168 valence electrons. The zero-order valence-electron chi connectivity index (χ0n) is 17.2. The minimum absolute atomic E-state index is 0.0694. The molecule has 3 rings (SSSR count). The highest BCUT2D eigenvalue weighted by molar-refractivity contribution is 7.92. The summed E-state index contributed by atoms with van der Waals surface area (Å²) in [5, 5.41) is 2.59. The van der Waals surface area contributed by atoms with Crippen LogP contribution in [0.2, 0.25) is 0 Å². The monoisotopic (exact) mass is 455 g/mol. The number of rotatable bonds is 5. The fourth-order valence-corrected chi connectivity index (χ4v) is 4.11. The third kappa shape index (κ3) is 5.90. The predicted molar refractivity (Wildman–Crippen MR) is 115 cm³/mol. The summed E-state index contributed by atoms with van der Waals surface area (Å²) in [6.07, 6.45) is -0.652. The van der Waals surface area contributed by atoms with Gasteiger partial charge in [-0.15, -0.1) is 0 Å². The van der Waals surface area contributed by atoms with Crippen LogP contribution in [-0.4, -0.2) is 33.7 Å². The van der Waals surface area contributed by atoms with Crippen LogP contribution in [0.5, 0.6) is 0 Å². The lowest BCUT2D eigenvalue weighted by atomic mass is 10.1. The highest BCUT2D eigenvalue weighted by Crippen LogP contribution is 2.36. The maximum absolute atomic E-state index is 13.3. The molecule has 1 amide bonds. The molecule has 1 fully saturated rings. The van der Waals surface area contributed by atoms with Gasteiger partial charge in [-0.05, 0) is 62.1 Å². The standard InChI is InChI=1S/C21H24F3N3O3S/c1-14-6-7-15(12-17(14)26-31(2,29)30)20(28)25-18-13-16(21(22,23)24)8-9-19(18)27-10-4-3-5-11-27/h6-9,12-13,26H,3-5,10-11H2,1-2H3,(H,25,28). The summed E-state index contributed by atoms with van der Waals surface area (Å²) in [6.45, 7) is 3.07. The largest absolute Gasteiger partial charge is 0.416 e. The average molecular weight is 456 g/mol. The molecule has 0 bridgehead atoms. The van der Waals surface area contributed by atoms with Gasteiger partial charge in [-0.1, -0.05) is 6.07 Å². The third-order valence-corrected chi connectivity index (χ3v) is 5.65. The molecule has 1 heterocycles. The van der Waals surface area contributed by atoms with Gasteiger partial charge in [-0.2, -0.15) is 13.2 Å². The molecule has 0 unspecified atom stereocenters. The van der Waals surface area contributed by atoms with Crippen LogP contribution in [0.1, 0.15) is 40.7 Å². The van der Waals surface area contributed by atoms with Crippen molar-refractivity contribution in [3.63, 3.8) is 0 Å². The molecule has 0 aliphatic carbocycles. The van der Waals surface area contributed by atoms with Gasteiger partial charge in [0.15, 0.2) is 0 Å². The molecule has 2 N–H and O–H groups in total. The van der Waals surface area contributed by atoms with Crippen LogP contribution in [0.4, 0.5) is 30.2 Å². The number of benzene rings is 2. The van der Waals surface area contributed by atoms with E-state index in [-0.39, 0.29) is 16.9 Å². The minimum atomic E-state index is -4.55. The number of halogens is 3. The first-order valence-electron chi connectivity index (χ1n) is 9.80. The normalized spacial score (nSPS) is 14.9. The molecule has 2 aromatic rings. The van der Waals surface area contributed by atoms with E-state index < -0.39 is 27.7 Å². The fraction of sp³-hybridized carbons (Fsp3) is 0.381. The Kier molecular flexibility index (Phi) is 6.49. The molecule has 0 radical (unpaired) electrons. The molecular weight excluding hydrogens is 431 g/mol. The van der Waals surface area contributed by atoms with Crippen molar-refractivity contribution in [2.45, 2.75) is 32.4 Å². The van der Waals surface area contributed by atoms with E-state index >= 15 is 0 Å². The topological polar surface area (TPSA) is 78.5 Å². The maximum Gasteiger partial charge on any atom is 0.416 e. The van der Waals surface area contributed by atoms with Gasteiger partial charge in [0.1, 0.15) is 0 Å². The van der Waals surface area contributed by atoms with Crippen molar-refractivity contribution in [2.24, 2.45) is 0 Å². The Hall–Kier alpha value is -2.75. The molecule has 1 aliphatic heterocycles. The Morgan fingerprint density at radius 3 is 2.29 bits per heavy atom.